The second-order valence-electron chi connectivity index (χ2n) is 5.98. The molecule has 21 heavy (non-hydrogen) atoms. The van der Waals surface area contributed by atoms with Gasteiger partial charge in [0.1, 0.15) is 0 Å². The van der Waals surface area contributed by atoms with E-state index in [4.69, 9.17) is 4.74 Å². The smallest absolute Gasteiger partial charge is 0.244 e. The van der Waals surface area contributed by atoms with E-state index in [0.717, 1.165) is 5.69 Å². The molecule has 0 bridgehead atoms. The summed E-state index contributed by atoms with van der Waals surface area (Å²) in [6.45, 7) is 9.33. The molecule has 0 radical (unpaired) electrons. The number of rotatable bonds is 5. The molecule has 2 heterocycles. The lowest BCUT2D eigenvalue weighted by molar-refractivity contribution is -0.0440. The van der Waals surface area contributed by atoms with Crippen molar-refractivity contribution in [2.45, 2.75) is 57.4 Å². The molecule has 2 atom stereocenters. The van der Waals surface area contributed by atoms with Crippen LogP contribution in [0, 0.1) is 0 Å². The van der Waals surface area contributed by atoms with Crippen molar-refractivity contribution in [1.29, 1.82) is 0 Å². The van der Waals surface area contributed by atoms with Crippen LogP contribution in [0.1, 0.15) is 33.4 Å². The second-order valence-corrected chi connectivity index (χ2v) is 7.91. The zero-order valence-corrected chi connectivity index (χ0v) is 13.9. The molecule has 2 N–H and O–H groups in total. The summed E-state index contributed by atoms with van der Waals surface area (Å²) in [6, 6.07) is 2.06. The largest absolute Gasteiger partial charge is 0.373 e. The highest BCUT2D eigenvalue weighted by molar-refractivity contribution is 7.89. The van der Waals surface area contributed by atoms with Gasteiger partial charge in [0.05, 0.1) is 17.1 Å². The lowest BCUT2D eigenvalue weighted by Gasteiger charge is -2.34. The van der Waals surface area contributed by atoms with Crippen molar-refractivity contribution in [3.05, 3.63) is 18.0 Å². The van der Waals surface area contributed by atoms with Gasteiger partial charge in [-0.1, -0.05) is 13.8 Å². The number of nitrogens with one attached hydrogen (secondary N) is 2. The van der Waals surface area contributed by atoms with E-state index < -0.39 is 10.0 Å². The third-order valence-electron chi connectivity index (χ3n) is 3.44. The summed E-state index contributed by atoms with van der Waals surface area (Å²) in [5.41, 5.74) is 0.872. The van der Waals surface area contributed by atoms with Crippen molar-refractivity contribution >= 4 is 10.0 Å². The summed E-state index contributed by atoms with van der Waals surface area (Å²) < 4.78 is 32.4. The summed E-state index contributed by atoms with van der Waals surface area (Å²) in [5, 5.41) is 3.26. The number of morpholine rings is 1. The Morgan fingerprint density at radius 3 is 2.57 bits per heavy atom. The third-order valence-corrected chi connectivity index (χ3v) is 5.25. The summed E-state index contributed by atoms with van der Waals surface area (Å²) in [7, 11) is -3.45. The normalized spacial score (nSPS) is 24.6. The maximum Gasteiger partial charge on any atom is 0.244 e. The van der Waals surface area contributed by atoms with E-state index >= 15 is 0 Å². The van der Waals surface area contributed by atoms with Gasteiger partial charge in [-0.05, 0) is 19.9 Å². The van der Waals surface area contributed by atoms with E-state index in [1.54, 1.807) is 12.3 Å². The number of ether oxygens (including phenoxy) is 1. The van der Waals surface area contributed by atoms with E-state index in [2.05, 4.69) is 24.1 Å². The first-order valence-electron chi connectivity index (χ1n) is 7.35. The minimum Gasteiger partial charge on any atom is -0.373 e. The molecule has 7 heteroatoms. The number of sulfonamides is 1. The number of H-pyrrole nitrogens is 1. The van der Waals surface area contributed by atoms with Crippen molar-refractivity contribution < 1.29 is 13.2 Å². The van der Waals surface area contributed by atoms with Crippen molar-refractivity contribution in [2.75, 3.05) is 13.1 Å². The van der Waals surface area contributed by atoms with Crippen molar-refractivity contribution in [1.82, 2.24) is 14.6 Å². The molecule has 2 rings (SSSR count). The lowest BCUT2D eigenvalue weighted by atomic mass is 10.3. The van der Waals surface area contributed by atoms with Crippen LogP contribution in [0.4, 0.5) is 0 Å². The van der Waals surface area contributed by atoms with Crippen LogP contribution in [-0.4, -0.2) is 49.0 Å². The molecule has 0 aliphatic carbocycles. The zero-order valence-electron chi connectivity index (χ0n) is 13.1. The predicted octanol–water partition coefficient (Wildman–Crippen LogP) is 1.31. The highest BCUT2D eigenvalue weighted by atomic mass is 32.2. The van der Waals surface area contributed by atoms with E-state index in [-0.39, 0.29) is 12.2 Å². The minimum atomic E-state index is -3.45. The van der Waals surface area contributed by atoms with Gasteiger partial charge in [-0.3, -0.25) is 0 Å². The highest BCUT2D eigenvalue weighted by Gasteiger charge is 2.32. The molecular weight excluding hydrogens is 290 g/mol. The molecule has 120 valence electrons. The molecule has 1 aliphatic heterocycles. The topological polar surface area (TPSA) is 74.4 Å². The van der Waals surface area contributed by atoms with Gasteiger partial charge >= 0.3 is 0 Å². The van der Waals surface area contributed by atoms with Gasteiger partial charge in [0.2, 0.25) is 10.0 Å². The monoisotopic (exact) mass is 315 g/mol. The van der Waals surface area contributed by atoms with Crippen LogP contribution >= 0.6 is 0 Å². The fraction of sp³-hybridized carbons (Fsp3) is 0.714. The Hall–Kier alpha value is -0.890. The molecule has 1 aliphatic rings. The van der Waals surface area contributed by atoms with Crippen LogP contribution in [0.3, 0.4) is 0 Å². The first-order valence-corrected chi connectivity index (χ1v) is 8.79. The molecule has 1 fully saturated rings. The molecule has 1 aromatic heterocycles. The first-order chi connectivity index (χ1) is 9.79. The van der Waals surface area contributed by atoms with Gasteiger partial charge in [0.25, 0.3) is 0 Å². The number of hydrogen-bond acceptors (Lipinski definition) is 4. The molecule has 0 aromatic carbocycles. The van der Waals surface area contributed by atoms with Crippen molar-refractivity contribution in [2.24, 2.45) is 0 Å². The van der Waals surface area contributed by atoms with E-state index in [1.165, 1.54) is 4.31 Å². The van der Waals surface area contributed by atoms with Crippen LogP contribution in [-0.2, 0) is 21.3 Å². The van der Waals surface area contributed by atoms with Crippen LogP contribution in [0.15, 0.2) is 17.2 Å². The van der Waals surface area contributed by atoms with Crippen LogP contribution in [0.25, 0.3) is 0 Å². The van der Waals surface area contributed by atoms with Crippen molar-refractivity contribution in [3.8, 4) is 0 Å². The molecule has 6 nitrogen and oxygen atoms in total. The van der Waals surface area contributed by atoms with Crippen LogP contribution in [0.5, 0.6) is 0 Å². The zero-order chi connectivity index (χ0) is 15.6. The Kier molecular flexibility index (Phi) is 5.08. The fourth-order valence-corrected chi connectivity index (χ4v) is 4.07. The minimum absolute atomic E-state index is 0.0791. The average molecular weight is 315 g/mol. The number of aromatic nitrogens is 1. The molecule has 0 amide bonds. The quantitative estimate of drug-likeness (QED) is 0.859. The van der Waals surface area contributed by atoms with Crippen LogP contribution < -0.4 is 5.32 Å². The van der Waals surface area contributed by atoms with Crippen molar-refractivity contribution in [3.63, 3.8) is 0 Å². The first kappa shape index (κ1) is 16.5. The average Bonchev–Trinajstić information content (AvgIpc) is 2.84. The van der Waals surface area contributed by atoms with Gasteiger partial charge in [0, 0.05) is 37.6 Å². The Labute approximate surface area is 126 Å². The summed E-state index contributed by atoms with van der Waals surface area (Å²) in [5.74, 6) is 0. The van der Waals surface area contributed by atoms with E-state index in [9.17, 15) is 8.42 Å². The molecule has 1 saturated heterocycles. The third kappa shape index (κ3) is 4.06. The Morgan fingerprint density at radius 1 is 1.38 bits per heavy atom. The molecular formula is C14H25N3O3S. The molecule has 0 saturated carbocycles. The van der Waals surface area contributed by atoms with Gasteiger partial charge in [-0.25, -0.2) is 8.42 Å². The lowest BCUT2D eigenvalue weighted by Crippen LogP contribution is -2.47. The summed E-state index contributed by atoms with van der Waals surface area (Å²) in [6.07, 6.45) is 1.41. The Balaban J connectivity index is 2.12. The Morgan fingerprint density at radius 2 is 2.00 bits per heavy atom. The second kappa shape index (κ2) is 6.48. The van der Waals surface area contributed by atoms with Gasteiger partial charge < -0.3 is 15.0 Å². The molecule has 0 unspecified atom stereocenters. The summed E-state index contributed by atoms with van der Waals surface area (Å²) in [4.78, 5) is 3.35. The number of nitrogens with zero attached hydrogens (tertiary/aromatic N) is 1. The maximum atomic E-state index is 12.7. The Bertz CT molecular complexity index is 558. The molecule has 1 aromatic rings. The SMILES string of the molecule is CC(C)NCc1cc(S(=O)(=O)N2C[C@@H](C)O[C@@H](C)C2)c[nH]1. The fourth-order valence-electron chi connectivity index (χ4n) is 2.46. The number of aromatic amines is 1. The van der Waals surface area contributed by atoms with Gasteiger partial charge in [-0.15, -0.1) is 0 Å². The standard InChI is InChI=1S/C14H25N3O3S/c1-10(2)15-6-13-5-14(7-16-13)21(18,19)17-8-11(3)20-12(4)9-17/h5,7,10-12,15-16H,6,8-9H2,1-4H3/t11-,12+. The van der Waals surface area contributed by atoms with Gasteiger partial charge in [-0.2, -0.15) is 4.31 Å². The van der Waals surface area contributed by atoms with E-state index in [1.807, 2.05) is 13.8 Å². The predicted molar refractivity (Wildman–Crippen MR) is 81.5 cm³/mol. The number of hydrogen-bond donors (Lipinski definition) is 2. The van der Waals surface area contributed by atoms with Gasteiger partial charge in [0.15, 0.2) is 0 Å². The van der Waals surface area contributed by atoms with Crippen LogP contribution in [0.2, 0.25) is 0 Å². The summed E-state index contributed by atoms with van der Waals surface area (Å²) >= 11 is 0. The van der Waals surface area contributed by atoms with E-state index in [0.29, 0.717) is 30.6 Å². The highest BCUT2D eigenvalue weighted by Crippen LogP contribution is 2.21. The maximum absolute atomic E-state index is 12.7. The molecule has 0 spiro atoms.